The molecule has 158 valence electrons. The molecule has 1 fully saturated rings. The van der Waals surface area contributed by atoms with Crippen LogP contribution in [0.3, 0.4) is 0 Å². The molecule has 7 nitrogen and oxygen atoms in total. The first kappa shape index (κ1) is 22.6. The van der Waals surface area contributed by atoms with E-state index in [-0.39, 0.29) is 17.8 Å². The Hall–Kier alpha value is -2.67. The van der Waals surface area contributed by atoms with Crippen molar-refractivity contribution in [1.82, 2.24) is 0 Å². The number of esters is 3. The molecule has 0 saturated carbocycles. The standard InChI is InChI=1S/C22H28O7/c1-12-6-7-17(27-16(5)24)14(3)11-19-20(15(4)22(26)29-19)18(10-12)28-21(25)13(2)8-9-23/h6,8,11,17-20,23H,4,7,9-10H2,1-3,5H3/b12-6+,13-8-,14-11-/t17-,18-,19+,20-/m1/s1. The van der Waals surface area contributed by atoms with Crippen LogP contribution in [0.5, 0.6) is 0 Å². The lowest BCUT2D eigenvalue weighted by Gasteiger charge is -2.28. The van der Waals surface area contributed by atoms with Crippen LogP contribution in [0, 0.1) is 5.92 Å². The monoisotopic (exact) mass is 404 g/mol. The third kappa shape index (κ3) is 5.67. The molecule has 1 heterocycles. The Labute approximate surface area is 170 Å². The third-order valence-corrected chi connectivity index (χ3v) is 5.09. The Morgan fingerprint density at radius 2 is 2.00 bits per heavy atom. The lowest BCUT2D eigenvalue weighted by atomic mass is 9.85. The molecule has 1 N–H and O–H groups in total. The SMILES string of the molecule is C=C1C(=O)O[C@H]2/C=C(/C)[C@H](OC(C)=O)C/C=C(\C)C[C@@H](OC(=O)/C(C)=C\CO)[C@@H]12. The molecular formula is C22H28O7. The van der Waals surface area contributed by atoms with Crippen LogP contribution < -0.4 is 0 Å². The molecule has 0 radical (unpaired) electrons. The van der Waals surface area contributed by atoms with Gasteiger partial charge in [-0.3, -0.25) is 4.79 Å². The lowest BCUT2D eigenvalue weighted by molar-refractivity contribution is -0.148. The van der Waals surface area contributed by atoms with Crippen LogP contribution >= 0.6 is 0 Å². The summed E-state index contributed by atoms with van der Waals surface area (Å²) in [6.45, 7) is 10.2. The van der Waals surface area contributed by atoms with Crippen molar-refractivity contribution in [3.63, 3.8) is 0 Å². The fraction of sp³-hybridized carbons (Fsp3) is 0.500. The Bertz CT molecular complexity index is 787. The van der Waals surface area contributed by atoms with Crippen LogP contribution in [0.1, 0.15) is 40.5 Å². The average Bonchev–Trinajstić information content (AvgIpc) is 2.90. The number of aliphatic hydroxyl groups is 1. The molecule has 1 aliphatic carbocycles. The van der Waals surface area contributed by atoms with E-state index in [2.05, 4.69) is 6.58 Å². The highest BCUT2D eigenvalue weighted by Gasteiger charge is 2.44. The molecule has 2 rings (SSSR count). The van der Waals surface area contributed by atoms with Crippen molar-refractivity contribution in [1.29, 1.82) is 0 Å². The second-order valence-electron chi connectivity index (χ2n) is 7.43. The summed E-state index contributed by atoms with van der Waals surface area (Å²) in [4.78, 5) is 36.1. The highest BCUT2D eigenvalue weighted by Crippen LogP contribution is 2.36. The van der Waals surface area contributed by atoms with Gasteiger partial charge in [-0.25, -0.2) is 9.59 Å². The van der Waals surface area contributed by atoms with E-state index in [4.69, 9.17) is 19.3 Å². The maximum Gasteiger partial charge on any atom is 0.334 e. The summed E-state index contributed by atoms with van der Waals surface area (Å²) >= 11 is 0. The zero-order valence-electron chi connectivity index (χ0n) is 17.3. The van der Waals surface area contributed by atoms with Gasteiger partial charge in [0.15, 0.2) is 0 Å². The Morgan fingerprint density at radius 3 is 2.62 bits per heavy atom. The van der Waals surface area contributed by atoms with Crippen LogP contribution in [0.15, 0.2) is 47.1 Å². The first-order valence-electron chi connectivity index (χ1n) is 9.53. The minimum Gasteiger partial charge on any atom is -0.458 e. The zero-order chi connectivity index (χ0) is 21.7. The van der Waals surface area contributed by atoms with Crippen molar-refractivity contribution >= 4 is 17.9 Å². The second-order valence-corrected chi connectivity index (χ2v) is 7.43. The third-order valence-electron chi connectivity index (χ3n) is 5.09. The van der Waals surface area contributed by atoms with E-state index in [1.54, 1.807) is 19.9 Å². The van der Waals surface area contributed by atoms with Crippen molar-refractivity contribution in [2.45, 2.75) is 58.8 Å². The van der Waals surface area contributed by atoms with Gasteiger partial charge >= 0.3 is 17.9 Å². The van der Waals surface area contributed by atoms with Crippen molar-refractivity contribution in [2.24, 2.45) is 5.92 Å². The number of hydrogen-bond donors (Lipinski definition) is 1. The Balaban J connectivity index is 2.42. The molecule has 0 aromatic carbocycles. The van der Waals surface area contributed by atoms with E-state index in [1.807, 2.05) is 13.0 Å². The number of aliphatic hydroxyl groups excluding tert-OH is 1. The quantitative estimate of drug-likeness (QED) is 0.333. The Kier molecular flexibility index (Phi) is 7.56. The molecule has 0 unspecified atom stereocenters. The maximum atomic E-state index is 12.4. The molecule has 1 aliphatic heterocycles. The molecule has 0 bridgehead atoms. The van der Waals surface area contributed by atoms with E-state index in [0.29, 0.717) is 12.8 Å². The predicted molar refractivity (Wildman–Crippen MR) is 106 cm³/mol. The normalized spacial score (nSPS) is 31.6. The average molecular weight is 404 g/mol. The number of carbonyl (C=O) groups excluding carboxylic acids is 3. The van der Waals surface area contributed by atoms with E-state index in [9.17, 15) is 14.4 Å². The van der Waals surface area contributed by atoms with E-state index in [0.717, 1.165) is 11.1 Å². The van der Waals surface area contributed by atoms with Crippen molar-refractivity contribution < 1.29 is 33.7 Å². The van der Waals surface area contributed by atoms with Gasteiger partial charge in [0.1, 0.15) is 18.3 Å². The highest BCUT2D eigenvalue weighted by molar-refractivity contribution is 5.92. The van der Waals surface area contributed by atoms with Crippen LogP contribution in [0.4, 0.5) is 0 Å². The molecule has 29 heavy (non-hydrogen) atoms. The molecule has 0 spiro atoms. The van der Waals surface area contributed by atoms with Gasteiger partial charge in [-0.1, -0.05) is 18.2 Å². The van der Waals surface area contributed by atoms with Gasteiger partial charge in [0.2, 0.25) is 0 Å². The van der Waals surface area contributed by atoms with Gasteiger partial charge in [0.05, 0.1) is 12.5 Å². The molecule has 0 amide bonds. The molecular weight excluding hydrogens is 376 g/mol. The first-order valence-corrected chi connectivity index (χ1v) is 9.53. The first-order chi connectivity index (χ1) is 13.6. The number of ether oxygens (including phenoxy) is 3. The van der Waals surface area contributed by atoms with E-state index < -0.39 is 42.1 Å². The van der Waals surface area contributed by atoms with Gasteiger partial charge in [-0.15, -0.1) is 0 Å². The van der Waals surface area contributed by atoms with Crippen LogP contribution in [-0.4, -0.2) is 47.9 Å². The summed E-state index contributed by atoms with van der Waals surface area (Å²) in [5, 5.41) is 9.01. The van der Waals surface area contributed by atoms with Gasteiger partial charge in [-0.2, -0.15) is 0 Å². The molecule has 0 aromatic heterocycles. The zero-order valence-corrected chi connectivity index (χ0v) is 17.3. The summed E-state index contributed by atoms with van der Waals surface area (Å²) in [5.74, 6) is -2.08. The fourth-order valence-corrected chi connectivity index (χ4v) is 3.48. The van der Waals surface area contributed by atoms with Gasteiger partial charge in [-0.05, 0) is 38.5 Å². The minimum absolute atomic E-state index is 0.234. The van der Waals surface area contributed by atoms with Gasteiger partial charge in [0, 0.05) is 30.9 Å². The summed E-state index contributed by atoms with van der Waals surface area (Å²) in [6, 6.07) is 0. The minimum atomic E-state index is -0.682. The molecule has 7 heteroatoms. The van der Waals surface area contributed by atoms with Crippen LogP contribution in [-0.2, 0) is 28.6 Å². The Morgan fingerprint density at radius 1 is 1.31 bits per heavy atom. The molecule has 0 aromatic rings. The van der Waals surface area contributed by atoms with Gasteiger partial charge in [0.25, 0.3) is 0 Å². The number of fused-ring (bicyclic) bond motifs is 1. The highest BCUT2D eigenvalue weighted by atomic mass is 16.6. The van der Waals surface area contributed by atoms with Crippen molar-refractivity contribution in [3.8, 4) is 0 Å². The lowest BCUT2D eigenvalue weighted by Crippen LogP contribution is -2.34. The summed E-state index contributed by atoms with van der Waals surface area (Å²) in [7, 11) is 0. The molecule has 2 aliphatic rings. The summed E-state index contributed by atoms with van der Waals surface area (Å²) in [5.41, 5.74) is 2.17. The van der Waals surface area contributed by atoms with Crippen LogP contribution in [0.2, 0.25) is 0 Å². The molecule has 1 saturated heterocycles. The topological polar surface area (TPSA) is 99.1 Å². The van der Waals surface area contributed by atoms with Gasteiger partial charge < -0.3 is 19.3 Å². The predicted octanol–water partition coefficient (Wildman–Crippen LogP) is 2.55. The van der Waals surface area contributed by atoms with E-state index in [1.165, 1.54) is 13.0 Å². The number of carbonyl (C=O) groups is 3. The smallest absolute Gasteiger partial charge is 0.334 e. The van der Waals surface area contributed by atoms with Crippen molar-refractivity contribution in [2.75, 3.05) is 6.61 Å². The second kappa shape index (κ2) is 9.69. The molecule has 4 atom stereocenters. The van der Waals surface area contributed by atoms with Crippen molar-refractivity contribution in [3.05, 3.63) is 47.1 Å². The largest absolute Gasteiger partial charge is 0.458 e. The maximum absolute atomic E-state index is 12.4. The van der Waals surface area contributed by atoms with E-state index >= 15 is 0 Å². The van der Waals surface area contributed by atoms with Crippen LogP contribution in [0.25, 0.3) is 0 Å². The number of rotatable bonds is 4. The fourth-order valence-electron chi connectivity index (χ4n) is 3.48. The summed E-state index contributed by atoms with van der Waals surface area (Å²) < 4.78 is 16.6. The summed E-state index contributed by atoms with van der Waals surface area (Å²) in [6.07, 6.45) is 4.05. The number of hydrogen-bond acceptors (Lipinski definition) is 7.